The molecule has 2 N–H and O–H groups in total. The van der Waals surface area contributed by atoms with E-state index in [-0.39, 0.29) is 17.9 Å². The van der Waals surface area contributed by atoms with Gasteiger partial charge < -0.3 is 15.4 Å². The van der Waals surface area contributed by atoms with Gasteiger partial charge in [-0.25, -0.2) is 0 Å². The molecule has 1 aliphatic carbocycles. The van der Waals surface area contributed by atoms with Crippen LogP contribution in [0.1, 0.15) is 65.2 Å². The van der Waals surface area contributed by atoms with Gasteiger partial charge in [-0.1, -0.05) is 74.0 Å². The summed E-state index contributed by atoms with van der Waals surface area (Å²) in [5, 5.41) is 6.83. The first kappa shape index (κ1) is 22.3. The van der Waals surface area contributed by atoms with E-state index in [1.807, 2.05) is 30.3 Å². The zero-order valence-electron chi connectivity index (χ0n) is 19.7. The molecule has 0 radical (unpaired) electrons. The molecule has 3 unspecified atom stereocenters. The van der Waals surface area contributed by atoms with Gasteiger partial charge in [0.2, 0.25) is 0 Å². The number of carbonyl (C=O) groups is 1. The third kappa shape index (κ3) is 4.58. The molecule has 0 aromatic heterocycles. The number of anilines is 1. The maximum absolute atomic E-state index is 12.7. The average Bonchev–Trinajstić information content (AvgIpc) is 3.38. The second kappa shape index (κ2) is 10.2. The number of carbonyl (C=O) groups excluding carboxylic acids is 1. The zero-order chi connectivity index (χ0) is 23.3. The molecular formula is C30H32N2O2. The summed E-state index contributed by atoms with van der Waals surface area (Å²) in [6, 6.07) is 24.8. The van der Waals surface area contributed by atoms with Crippen LogP contribution in [0.15, 0.2) is 84.9 Å². The molecule has 0 bridgehead atoms. The number of amides is 1. The number of fused-ring (bicyclic) bond motifs is 3. The van der Waals surface area contributed by atoms with Gasteiger partial charge in [0.25, 0.3) is 5.91 Å². The van der Waals surface area contributed by atoms with Crippen LogP contribution in [-0.4, -0.2) is 12.5 Å². The summed E-state index contributed by atoms with van der Waals surface area (Å²) in [6.07, 6.45) is 7.66. The highest BCUT2D eigenvalue weighted by molar-refractivity contribution is 5.95. The van der Waals surface area contributed by atoms with E-state index in [2.05, 4.69) is 72.2 Å². The summed E-state index contributed by atoms with van der Waals surface area (Å²) in [7, 11) is 0. The summed E-state index contributed by atoms with van der Waals surface area (Å²) in [5.41, 5.74) is 5.39. The Morgan fingerprint density at radius 2 is 1.85 bits per heavy atom. The third-order valence-corrected chi connectivity index (χ3v) is 6.93. The van der Waals surface area contributed by atoms with Gasteiger partial charge in [-0.3, -0.25) is 4.79 Å². The number of allylic oxidation sites excluding steroid dienone is 2. The summed E-state index contributed by atoms with van der Waals surface area (Å²) in [6.45, 7) is 3.40. The minimum Gasteiger partial charge on any atom is -0.489 e. The predicted molar refractivity (Wildman–Crippen MR) is 137 cm³/mol. The average molecular weight is 453 g/mol. The monoisotopic (exact) mass is 452 g/mol. The Morgan fingerprint density at radius 3 is 2.71 bits per heavy atom. The fourth-order valence-corrected chi connectivity index (χ4v) is 5.13. The zero-order valence-corrected chi connectivity index (χ0v) is 19.7. The van der Waals surface area contributed by atoms with Crippen LogP contribution in [0.5, 0.6) is 5.75 Å². The van der Waals surface area contributed by atoms with Crippen molar-refractivity contribution in [3.63, 3.8) is 0 Å². The fraction of sp³-hybridized carbons (Fsp3) is 0.300. The SMILES string of the molecule is CCCCNC(=O)c1ccc2c(c1)C1C=CCC1C(c1ccccc1OCc1ccccc1)N2. The van der Waals surface area contributed by atoms with Crippen LogP contribution in [0.2, 0.25) is 0 Å². The molecular weight excluding hydrogens is 420 g/mol. The Balaban J connectivity index is 1.40. The van der Waals surface area contributed by atoms with E-state index in [1.165, 1.54) is 11.1 Å². The Bertz CT molecular complexity index is 1170. The Hall–Kier alpha value is -3.53. The molecule has 174 valence electrons. The van der Waals surface area contributed by atoms with Gasteiger partial charge in [-0.15, -0.1) is 0 Å². The van der Waals surface area contributed by atoms with Crippen molar-refractivity contribution in [2.75, 3.05) is 11.9 Å². The molecule has 34 heavy (non-hydrogen) atoms. The van der Waals surface area contributed by atoms with Crippen LogP contribution in [0, 0.1) is 5.92 Å². The normalized spacial score (nSPS) is 20.2. The summed E-state index contributed by atoms with van der Waals surface area (Å²) < 4.78 is 6.30. The van der Waals surface area contributed by atoms with Gasteiger partial charge in [0.1, 0.15) is 12.4 Å². The number of ether oxygens (including phenoxy) is 1. The quantitative estimate of drug-likeness (QED) is 0.298. The minimum absolute atomic E-state index is 0.0107. The molecule has 1 heterocycles. The van der Waals surface area contributed by atoms with E-state index in [4.69, 9.17) is 4.74 Å². The van der Waals surface area contributed by atoms with Crippen LogP contribution < -0.4 is 15.4 Å². The molecule has 4 heteroatoms. The molecule has 1 aliphatic heterocycles. The second-order valence-corrected chi connectivity index (χ2v) is 9.20. The van der Waals surface area contributed by atoms with Gasteiger partial charge in [-0.05, 0) is 54.2 Å². The highest BCUT2D eigenvalue weighted by Gasteiger charge is 2.39. The van der Waals surface area contributed by atoms with E-state index in [0.29, 0.717) is 12.5 Å². The molecule has 4 nitrogen and oxygen atoms in total. The second-order valence-electron chi connectivity index (χ2n) is 9.20. The number of hydrogen-bond acceptors (Lipinski definition) is 3. The van der Waals surface area contributed by atoms with Crippen LogP contribution in [-0.2, 0) is 6.61 Å². The van der Waals surface area contributed by atoms with E-state index in [0.717, 1.165) is 48.4 Å². The number of unbranched alkanes of at least 4 members (excludes halogenated alkanes) is 1. The maximum Gasteiger partial charge on any atom is 0.251 e. The van der Waals surface area contributed by atoms with E-state index < -0.39 is 0 Å². The van der Waals surface area contributed by atoms with Gasteiger partial charge in [-0.2, -0.15) is 0 Å². The molecule has 1 amide bonds. The van der Waals surface area contributed by atoms with E-state index >= 15 is 0 Å². The summed E-state index contributed by atoms with van der Waals surface area (Å²) >= 11 is 0. The maximum atomic E-state index is 12.7. The number of benzene rings is 3. The lowest BCUT2D eigenvalue weighted by Crippen LogP contribution is -2.30. The molecule has 0 saturated heterocycles. The number of nitrogens with one attached hydrogen (secondary N) is 2. The lowest BCUT2D eigenvalue weighted by molar-refractivity contribution is 0.0953. The number of hydrogen-bond donors (Lipinski definition) is 2. The van der Waals surface area contributed by atoms with Crippen molar-refractivity contribution in [2.24, 2.45) is 5.92 Å². The molecule has 0 fully saturated rings. The van der Waals surface area contributed by atoms with Crippen LogP contribution >= 0.6 is 0 Å². The largest absolute Gasteiger partial charge is 0.489 e. The smallest absolute Gasteiger partial charge is 0.251 e. The highest BCUT2D eigenvalue weighted by Crippen LogP contribution is 2.51. The molecule has 0 spiro atoms. The molecule has 3 aromatic carbocycles. The van der Waals surface area contributed by atoms with Crippen LogP contribution in [0.4, 0.5) is 5.69 Å². The standard InChI is InChI=1S/C30H32N2O2/c1-2-3-18-31-30(33)22-16-17-27-26(19-22)23-13-9-14-24(23)29(32-27)25-12-7-8-15-28(25)34-20-21-10-5-4-6-11-21/h4-13,15-17,19,23-24,29,32H,2-3,14,18,20H2,1H3,(H,31,33). The van der Waals surface area contributed by atoms with E-state index in [1.54, 1.807) is 0 Å². The van der Waals surface area contributed by atoms with Crippen molar-refractivity contribution in [1.82, 2.24) is 5.32 Å². The Labute approximate surface area is 202 Å². The predicted octanol–water partition coefficient (Wildman–Crippen LogP) is 6.62. The van der Waals surface area contributed by atoms with Crippen molar-refractivity contribution >= 4 is 11.6 Å². The summed E-state index contributed by atoms with van der Waals surface area (Å²) in [4.78, 5) is 12.7. The Kier molecular flexibility index (Phi) is 6.66. The van der Waals surface area contributed by atoms with E-state index in [9.17, 15) is 4.79 Å². The molecule has 2 aliphatic rings. The lowest BCUT2D eigenvalue weighted by atomic mass is 9.76. The van der Waals surface area contributed by atoms with Gasteiger partial charge in [0.15, 0.2) is 0 Å². The molecule has 3 atom stereocenters. The van der Waals surface area contributed by atoms with Gasteiger partial charge in [0.05, 0.1) is 6.04 Å². The first-order chi connectivity index (χ1) is 16.7. The topological polar surface area (TPSA) is 50.4 Å². The van der Waals surface area contributed by atoms with Crippen molar-refractivity contribution in [1.29, 1.82) is 0 Å². The van der Waals surface area contributed by atoms with Crippen molar-refractivity contribution < 1.29 is 9.53 Å². The van der Waals surface area contributed by atoms with Crippen molar-refractivity contribution in [2.45, 2.75) is 44.8 Å². The van der Waals surface area contributed by atoms with Crippen molar-refractivity contribution in [3.8, 4) is 5.75 Å². The lowest BCUT2D eigenvalue weighted by Gasteiger charge is -2.38. The van der Waals surface area contributed by atoms with Crippen LogP contribution in [0.3, 0.4) is 0 Å². The minimum atomic E-state index is 0.0107. The Morgan fingerprint density at radius 1 is 1.03 bits per heavy atom. The van der Waals surface area contributed by atoms with Crippen LogP contribution in [0.25, 0.3) is 0 Å². The number of rotatable bonds is 8. The van der Waals surface area contributed by atoms with Crippen molar-refractivity contribution in [3.05, 3.63) is 107 Å². The fourth-order valence-electron chi connectivity index (χ4n) is 5.13. The van der Waals surface area contributed by atoms with Gasteiger partial charge >= 0.3 is 0 Å². The molecule has 3 aromatic rings. The third-order valence-electron chi connectivity index (χ3n) is 6.93. The molecule has 0 saturated carbocycles. The first-order valence-corrected chi connectivity index (χ1v) is 12.4. The highest BCUT2D eigenvalue weighted by atomic mass is 16.5. The van der Waals surface area contributed by atoms with Gasteiger partial charge in [0, 0.05) is 29.3 Å². The molecule has 5 rings (SSSR count). The first-order valence-electron chi connectivity index (χ1n) is 12.4. The summed E-state index contributed by atoms with van der Waals surface area (Å²) in [5.74, 6) is 1.60. The number of para-hydroxylation sites is 1.